The molecule has 1 amide bonds. The van der Waals surface area contributed by atoms with Crippen molar-refractivity contribution in [1.29, 1.82) is 0 Å². The summed E-state index contributed by atoms with van der Waals surface area (Å²) >= 11 is 0. The Hall–Kier alpha value is -2.91. The van der Waals surface area contributed by atoms with E-state index in [1.54, 1.807) is 6.07 Å². The number of hydrogen-bond acceptors (Lipinski definition) is 5. The van der Waals surface area contributed by atoms with Gasteiger partial charge >= 0.3 is 0 Å². The zero-order valence-electron chi connectivity index (χ0n) is 16.9. The molecule has 2 atom stereocenters. The number of aromatic nitrogens is 1. The number of carbonyl (C=O) groups excluding carboxylic acids is 1. The summed E-state index contributed by atoms with van der Waals surface area (Å²) in [6, 6.07) is 2.36. The van der Waals surface area contributed by atoms with E-state index in [1.165, 1.54) is 12.3 Å². The van der Waals surface area contributed by atoms with Gasteiger partial charge in [-0.3, -0.25) is 9.59 Å². The minimum Gasteiger partial charge on any atom is -0.389 e. The van der Waals surface area contributed by atoms with Gasteiger partial charge in [-0.15, -0.1) is 0 Å². The Morgan fingerprint density at radius 3 is 2.70 bits per heavy atom. The number of aliphatic imine (C=N–C) groups is 1. The number of aromatic amines is 1. The number of amides is 1. The minimum absolute atomic E-state index is 0.106. The molecule has 1 aromatic rings. The predicted octanol–water partition coefficient (Wildman–Crippen LogP) is 2.25. The molecule has 0 aromatic carbocycles. The number of nitrogens with zero attached hydrogens (tertiary/aromatic N) is 1. The number of halogens is 2. The Morgan fingerprint density at radius 2 is 2.13 bits per heavy atom. The lowest BCUT2D eigenvalue weighted by Gasteiger charge is -2.27. The van der Waals surface area contributed by atoms with Crippen molar-refractivity contribution >= 4 is 12.1 Å². The maximum atomic E-state index is 14.3. The van der Waals surface area contributed by atoms with Crippen LogP contribution in [0.15, 0.2) is 63.2 Å². The smallest absolute Gasteiger partial charge is 0.262 e. The van der Waals surface area contributed by atoms with E-state index in [9.17, 15) is 23.5 Å². The highest BCUT2D eigenvalue weighted by molar-refractivity contribution is 6.26. The van der Waals surface area contributed by atoms with Gasteiger partial charge < -0.3 is 20.1 Å². The quantitative estimate of drug-likeness (QED) is 0.464. The van der Waals surface area contributed by atoms with Crippen molar-refractivity contribution in [2.75, 3.05) is 13.2 Å². The van der Waals surface area contributed by atoms with Crippen LogP contribution in [-0.2, 0) is 16.0 Å². The van der Waals surface area contributed by atoms with Crippen molar-refractivity contribution in [3.8, 4) is 0 Å². The van der Waals surface area contributed by atoms with Crippen LogP contribution in [0.4, 0.5) is 8.78 Å². The van der Waals surface area contributed by atoms with Crippen LogP contribution in [0.1, 0.15) is 25.8 Å². The fraction of sp³-hybridized carbons (Fsp3) is 0.381. The van der Waals surface area contributed by atoms with Crippen molar-refractivity contribution in [1.82, 2.24) is 10.3 Å². The van der Waals surface area contributed by atoms with Crippen LogP contribution in [-0.4, -0.2) is 47.6 Å². The number of aliphatic hydroxyl groups excluding tert-OH is 1. The van der Waals surface area contributed by atoms with E-state index in [-0.39, 0.29) is 35.4 Å². The zero-order valence-corrected chi connectivity index (χ0v) is 16.9. The molecule has 0 spiro atoms. The fourth-order valence-corrected chi connectivity index (χ4v) is 3.02. The number of hydrogen-bond donors (Lipinski definition) is 3. The molecule has 7 nitrogen and oxygen atoms in total. The topological polar surface area (TPSA) is 104 Å². The van der Waals surface area contributed by atoms with E-state index in [2.05, 4.69) is 21.9 Å². The molecule has 2 unspecified atom stereocenters. The molecule has 1 aromatic heterocycles. The first-order valence-corrected chi connectivity index (χ1v) is 9.38. The Balaban J connectivity index is 2.17. The SMILES string of the molecule is C=C(Cc1ccc(=O)[nH]c1)C(/C(N=CC(=O)NC1CCOCC1O)=C(\C)F)=C(/C)F. The summed E-state index contributed by atoms with van der Waals surface area (Å²) in [5, 5.41) is 12.4. The summed E-state index contributed by atoms with van der Waals surface area (Å²) in [4.78, 5) is 29.7. The van der Waals surface area contributed by atoms with Gasteiger partial charge in [0.2, 0.25) is 5.56 Å². The highest BCUT2D eigenvalue weighted by Crippen LogP contribution is 2.29. The van der Waals surface area contributed by atoms with Crippen LogP contribution in [0.2, 0.25) is 0 Å². The van der Waals surface area contributed by atoms with Gasteiger partial charge in [-0.25, -0.2) is 13.8 Å². The molecule has 0 radical (unpaired) electrons. The van der Waals surface area contributed by atoms with Crippen molar-refractivity contribution < 1.29 is 23.4 Å². The van der Waals surface area contributed by atoms with Crippen LogP contribution >= 0.6 is 0 Å². The van der Waals surface area contributed by atoms with E-state index in [4.69, 9.17) is 4.74 Å². The molecule has 0 bridgehead atoms. The molecule has 3 N–H and O–H groups in total. The number of carbonyl (C=O) groups is 1. The zero-order chi connectivity index (χ0) is 22.3. The number of allylic oxidation sites excluding steroid dienone is 3. The number of pyridine rings is 1. The molecule has 0 aliphatic carbocycles. The summed E-state index contributed by atoms with van der Waals surface area (Å²) in [6.45, 7) is 6.56. The average molecular weight is 421 g/mol. The lowest BCUT2D eigenvalue weighted by Crippen LogP contribution is -2.49. The van der Waals surface area contributed by atoms with Crippen LogP contribution in [0.25, 0.3) is 0 Å². The molecular formula is C21H25F2N3O4. The lowest BCUT2D eigenvalue weighted by molar-refractivity contribution is -0.117. The summed E-state index contributed by atoms with van der Waals surface area (Å²) < 4.78 is 33.6. The first-order chi connectivity index (χ1) is 14.2. The molecule has 162 valence electrons. The Kier molecular flexibility index (Phi) is 8.37. The van der Waals surface area contributed by atoms with Crippen LogP contribution in [0, 0.1) is 0 Å². The number of ether oxygens (including phenoxy) is 1. The molecule has 1 aliphatic heterocycles. The van der Waals surface area contributed by atoms with Crippen molar-refractivity contribution in [2.24, 2.45) is 4.99 Å². The second-order valence-electron chi connectivity index (χ2n) is 6.94. The summed E-state index contributed by atoms with van der Waals surface area (Å²) in [5.41, 5.74) is 0.0756. The minimum atomic E-state index is -0.852. The molecule has 1 aliphatic rings. The summed E-state index contributed by atoms with van der Waals surface area (Å²) in [5.74, 6) is -2.16. The van der Waals surface area contributed by atoms with E-state index in [1.807, 2.05) is 0 Å². The molecule has 9 heteroatoms. The van der Waals surface area contributed by atoms with E-state index < -0.39 is 29.7 Å². The van der Waals surface area contributed by atoms with Crippen molar-refractivity contribution in [3.05, 3.63) is 69.3 Å². The molecule has 1 saturated heterocycles. The number of nitrogens with one attached hydrogen (secondary N) is 2. The third kappa shape index (κ3) is 6.57. The van der Waals surface area contributed by atoms with E-state index >= 15 is 0 Å². The molecule has 1 fully saturated rings. The van der Waals surface area contributed by atoms with Gasteiger partial charge in [0.1, 0.15) is 17.4 Å². The normalized spacial score (nSPS) is 21.1. The Morgan fingerprint density at radius 1 is 1.40 bits per heavy atom. The maximum Gasteiger partial charge on any atom is 0.262 e. The Labute approximate surface area is 172 Å². The number of aliphatic hydroxyl groups is 1. The highest BCUT2D eigenvalue weighted by Gasteiger charge is 2.25. The number of H-pyrrole nitrogens is 1. The standard InChI is InChI=1S/C21H25F2N3O4/c1-12(8-15-4-5-18(28)24-9-15)20(13(2)22)21(14(3)23)25-10-19(29)26-16-6-7-30-11-17(16)27/h4-5,9-10,16-17,27H,1,6-8,11H2,2-3H3,(H,24,28)(H,26,29)/b20-13+,21-14-,25-10?. The van der Waals surface area contributed by atoms with Gasteiger partial charge in [0.05, 0.1) is 25.0 Å². The third-order valence-corrected chi connectivity index (χ3v) is 4.49. The second-order valence-corrected chi connectivity index (χ2v) is 6.94. The lowest BCUT2D eigenvalue weighted by atomic mass is 9.97. The first-order valence-electron chi connectivity index (χ1n) is 9.38. The van der Waals surface area contributed by atoms with Crippen LogP contribution < -0.4 is 10.9 Å². The van der Waals surface area contributed by atoms with Crippen molar-refractivity contribution in [2.45, 2.75) is 38.8 Å². The number of rotatable bonds is 7. The van der Waals surface area contributed by atoms with Gasteiger partial charge in [-0.05, 0) is 37.8 Å². The van der Waals surface area contributed by atoms with Gasteiger partial charge in [0.15, 0.2) is 0 Å². The summed E-state index contributed by atoms with van der Waals surface area (Å²) in [6.07, 6.45) is 2.02. The maximum absolute atomic E-state index is 14.3. The van der Waals surface area contributed by atoms with Crippen LogP contribution in [0.3, 0.4) is 0 Å². The van der Waals surface area contributed by atoms with Gasteiger partial charge in [0, 0.05) is 24.4 Å². The van der Waals surface area contributed by atoms with Crippen LogP contribution in [0.5, 0.6) is 0 Å². The fourth-order valence-electron chi connectivity index (χ4n) is 3.02. The van der Waals surface area contributed by atoms with E-state index in [0.29, 0.717) is 18.6 Å². The molecular weight excluding hydrogens is 396 g/mol. The molecule has 0 saturated carbocycles. The van der Waals surface area contributed by atoms with Gasteiger partial charge in [-0.2, -0.15) is 0 Å². The predicted molar refractivity (Wildman–Crippen MR) is 109 cm³/mol. The first kappa shape index (κ1) is 23.4. The second kappa shape index (κ2) is 10.7. The molecule has 2 heterocycles. The molecule has 2 rings (SSSR count). The van der Waals surface area contributed by atoms with Gasteiger partial charge in [-0.1, -0.05) is 12.6 Å². The average Bonchev–Trinajstić information content (AvgIpc) is 2.68. The third-order valence-electron chi connectivity index (χ3n) is 4.49. The molecule has 30 heavy (non-hydrogen) atoms. The largest absolute Gasteiger partial charge is 0.389 e. The summed E-state index contributed by atoms with van der Waals surface area (Å²) in [7, 11) is 0. The monoisotopic (exact) mass is 421 g/mol. The highest BCUT2D eigenvalue weighted by atomic mass is 19.1. The van der Waals surface area contributed by atoms with Gasteiger partial charge in [0.25, 0.3) is 5.91 Å². The van der Waals surface area contributed by atoms with Crippen molar-refractivity contribution in [3.63, 3.8) is 0 Å². The Bertz CT molecular complexity index is 921. The van der Waals surface area contributed by atoms with E-state index in [0.717, 1.165) is 20.1 Å².